The zero-order valence-electron chi connectivity index (χ0n) is 22.2. The van der Waals surface area contributed by atoms with Gasteiger partial charge >= 0.3 is 11.7 Å². The number of anilines is 1. The molecule has 1 fully saturated rings. The Balaban J connectivity index is 1.56. The fourth-order valence-electron chi connectivity index (χ4n) is 5.63. The molecule has 39 heavy (non-hydrogen) atoms. The van der Waals surface area contributed by atoms with E-state index in [1.165, 1.54) is 18.6 Å². The molecule has 2 N–H and O–H groups in total. The van der Waals surface area contributed by atoms with E-state index in [0.29, 0.717) is 24.4 Å². The first kappa shape index (κ1) is 26.6. The molecule has 3 aromatic rings. The number of hydrogen-bond acceptors (Lipinski definition) is 5. The van der Waals surface area contributed by atoms with E-state index in [-0.39, 0.29) is 40.3 Å². The van der Waals surface area contributed by atoms with Crippen LogP contribution in [0.4, 0.5) is 10.1 Å². The number of benzene rings is 2. The van der Waals surface area contributed by atoms with Crippen molar-refractivity contribution < 1.29 is 23.8 Å². The first-order valence-corrected chi connectivity index (χ1v) is 13.6. The van der Waals surface area contributed by atoms with Crippen LogP contribution in [0.2, 0.25) is 0 Å². The normalized spacial score (nSPS) is 16.4. The summed E-state index contributed by atoms with van der Waals surface area (Å²) in [5.41, 5.74) is -0.00839. The summed E-state index contributed by atoms with van der Waals surface area (Å²) in [6.45, 7) is 4.15. The summed E-state index contributed by atoms with van der Waals surface area (Å²) in [6, 6.07) is 7.06. The van der Waals surface area contributed by atoms with Crippen molar-refractivity contribution in [2.24, 2.45) is 5.92 Å². The lowest BCUT2D eigenvalue weighted by Crippen LogP contribution is -2.28. The Morgan fingerprint density at radius 2 is 1.90 bits per heavy atom. The summed E-state index contributed by atoms with van der Waals surface area (Å²) in [6.07, 6.45) is 7.50. The average Bonchev–Trinajstić information content (AvgIpc) is 3.26. The monoisotopic (exact) mass is 536 g/mol. The lowest BCUT2D eigenvalue weighted by atomic mass is 9.86. The number of fused-ring (bicyclic) bond motifs is 1. The number of ether oxygens (including phenoxy) is 1. The van der Waals surface area contributed by atoms with Crippen molar-refractivity contribution in [3.05, 3.63) is 69.1 Å². The van der Waals surface area contributed by atoms with Gasteiger partial charge in [-0.25, -0.2) is 14.0 Å². The summed E-state index contributed by atoms with van der Waals surface area (Å²) in [5.74, 6) is -1.71. The van der Waals surface area contributed by atoms with E-state index in [2.05, 4.69) is 10.4 Å². The number of carboxylic acid groups (broad SMARTS) is 1. The third kappa shape index (κ3) is 5.32. The van der Waals surface area contributed by atoms with Crippen LogP contribution in [-0.2, 0) is 13.0 Å². The molecule has 1 aromatic heterocycles. The Kier molecular flexibility index (Phi) is 7.54. The van der Waals surface area contributed by atoms with Gasteiger partial charge in [-0.15, -0.1) is 5.10 Å². The number of para-hydroxylation sites is 1. The van der Waals surface area contributed by atoms with Gasteiger partial charge in [0.25, 0.3) is 5.91 Å². The van der Waals surface area contributed by atoms with E-state index in [0.717, 1.165) is 49.3 Å². The molecule has 1 amide bonds. The second-order valence-corrected chi connectivity index (χ2v) is 10.5. The van der Waals surface area contributed by atoms with Crippen molar-refractivity contribution in [3.63, 3.8) is 0 Å². The molecule has 2 aliphatic rings. The van der Waals surface area contributed by atoms with Crippen LogP contribution in [0.5, 0.6) is 5.75 Å². The number of nitrogens with one attached hydrogen (secondary N) is 1. The van der Waals surface area contributed by atoms with Crippen molar-refractivity contribution in [1.82, 2.24) is 14.3 Å². The second kappa shape index (κ2) is 11.0. The molecule has 1 atom stereocenters. The van der Waals surface area contributed by atoms with E-state index >= 15 is 4.39 Å². The molecule has 1 saturated carbocycles. The number of hydrogen-bond donors (Lipinski definition) is 2. The lowest BCUT2D eigenvalue weighted by Gasteiger charge is -2.29. The van der Waals surface area contributed by atoms with Gasteiger partial charge in [-0.2, -0.15) is 4.68 Å². The second-order valence-electron chi connectivity index (χ2n) is 10.5. The highest BCUT2D eigenvalue weighted by Gasteiger charge is 2.27. The van der Waals surface area contributed by atoms with Crippen molar-refractivity contribution in [2.75, 3.05) is 5.32 Å². The molecule has 206 valence electrons. The number of rotatable bonds is 7. The molecular weight excluding hydrogens is 503 g/mol. The third-order valence-corrected chi connectivity index (χ3v) is 7.86. The van der Waals surface area contributed by atoms with Gasteiger partial charge in [0.1, 0.15) is 23.1 Å². The average molecular weight is 537 g/mol. The van der Waals surface area contributed by atoms with Crippen LogP contribution in [0.3, 0.4) is 0 Å². The van der Waals surface area contributed by atoms with Gasteiger partial charge in [-0.05, 0) is 63.1 Å². The molecule has 0 unspecified atom stereocenters. The van der Waals surface area contributed by atoms with Crippen molar-refractivity contribution >= 4 is 17.6 Å². The molecule has 0 spiro atoms. The molecule has 2 heterocycles. The summed E-state index contributed by atoms with van der Waals surface area (Å²) in [5, 5.41) is 16.7. The zero-order chi connectivity index (χ0) is 27.7. The summed E-state index contributed by atoms with van der Waals surface area (Å²) < 4.78 is 24.5. The maximum Gasteiger partial charge on any atom is 0.350 e. The van der Waals surface area contributed by atoms with Gasteiger partial charge in [0.05, 0.1) is 22.9 Å². The Labute approximate surface area is 225 Å². The van der Waals surface area contributed by atoms with Crippen LogP contribution in [0.25, 0.3) is 5.69 Å². The van der Waals surface area contributed by atoms with E-state index in [1.807, 2.05) is 6.92 Å². The fourth-order valence-corrected chi connectivity index (χ4v) is 5.63. The molecule has 0 radical (unpaired) electrons. The van der Waals surface area contributed by atoms with E-state index in [1.54, 1.807) is 23.6 Å². The van der Waals surface area contributed by atoms with Crippen molar-refractivity contribution in [1.29, 1.82) is 0 Å². The van der Waals surface area contributed by atoms with Gasteiger partial charge in [0, 0.05) is 19.0 Å². The number of carboxylic acids is 1. The number of carbonyl (C=O) groups is 2. The number of amides is 1. The first-order valence-electron chi connectivity index (χ1n) is 13.6. The van der Waals surface area contributed by atoms with Crippen molar-refractivity contribution in [2.45, 2.75) is 77.9 Å². The Morgan fingerprint density at radius 3 is 2.62 bits per heavy atom. The third-order valence-electron chi connectivity index (χ3n) is 7.86. The first-order chi connectivity index (χ1) is 18.7. The van der Waals surface area contributed by atoms with Gasteiger partial charge in [-0.3, -0.25) is 9.36 Å². The van der Waals surface area contributed by atoms with Gasteiger partial charge in [0.2, 0.25) is 0 Å². The van der Waals surface area contributed by atoms with Gasteiger partial charge in [0.15, 0.2) is 0 Å². The molecule has 0 saturated heterocycles. The number of nitrogens with zero attached hydrogens (tertiary/aromatic N) is 3. The van der Waals surface area contributed by atoms with Crippen molar-refractivity contribution in [3.8, 4) is 11.4 Å². The molecule has 9 nitrogen and oxygen atoms in total. The maximum absolute atomic E-state index is 15.6. The molecule has 2 aromatic carbocycles. The summed E-state index contributed by atoms with van der Waals surface area (Å²) in [4.78, 5) is 38.3. The van der Waals surface area contributed by atoms with Crippen LogP contribution < -0.4 is 15.7 Å². The SMILES string of the molecule is Cc1cccc(C(=O)O)c1NC(=O)c1cc(F)c(-n2nc3n(c2=O)CCCC3)cc1O[C@H](C)C1CCCCC1. The largest absolute Gasteiger partial charge is 0.490 e. The molecule has 10 heteroatoms. The highest BCUT2D eigenvalue weighted by atomic mass is 19.1. The van der Waals surface area contributed by atoms with E-state index < -0.39 is 23.4 Å². The molecule has 1 aliphatic carbocycles. The molecule has 1 aliphatic heterocycles. The number of carbonyl (C=O) groups excluding carboxylic acids is 1. The Morgan fingerprint density at radius 1 is 1.13 bits per heavy atom. The van der Waals surface area contributed by atoms with E-state index in [4.69, 9.17) is 4.74 Å². The summed E-state index contributed by atoms with van der Waals surface area (Å²) >= 11 is 0. The summed E-state index contributed by atoms with van der Waals surface area (Å²) in [7, 11) is 0. The molecule has 0 bridgehead atoms. The van der Waals surface area contributed by atoms with Crippen LogP contribution in [0, 0.1) is 18.7 Å². The van der Waals surface area contributed by atoms with Crippen LogP contribution >= 0.6 is 0 Å². The minimum atomic E-state index is -1.19. The predicted octanol–water partition coefficient (Wildman–Crippen LogP) is 5.12. The highest BCUT2D eigenvalue weighted by Crippen LogP contribution is 2.33. The highest BCUT2D eigenvalue weighted by molar-refractivity contribution is 6.09. The number of aromatic nitrogens is 3. The van der Waals surface area contributed by atoms with Gasteiger partial charge < -0.3 is 15.2 Å². The van der Waals surface area contributed by atoms with Crippen LogP contribution in [0.1, 0.15) is 84.0 Å². The quantitative estimate of drug-likeness (QED) is 0.433. The number of halogens is 1. The van der Waals surface area contributed by atoms with E-state index in [9.17, 15) is 19.5 Å². The van der Waals surface area contributed by atoms with Crippen LogP contribution in [-0.4, -0.2) is 37.4 Å². The smallest absolute Gasteiger partial charge is 0.350 e. The standard InChI is InChI=1S/C29H33FN4O5/c1-17-9-8-12-20(28(36)37)26(17)31-27(35)21-15-22(30)23(34-29(38)33-14-7-6-13-25(33)32-34)16-24(21)39-18(2)19-10-4-3-5-11-19/h8-9,12,15-16,18-19H,3-7,10-11,13-14H2,1-2H3,(H,31,35)(H,36,37)/t18-/m1/s1. The minimum Gasteiger partial charge on any atom is -0.490 e. The number of aryl methyl sites for hydroxylation is 2. The minimum absolute atomic E-state index is 0.0753. The van der Waals surface area contributed by atoms with Crippen LogP contribution in [0.15, 0.2) is 35.1 Å². The predicted molar refractivity (Wildman–Crippen MR) is 143 cm³/mol. The lowest BCUT2D eigenvalue weighted by molar-refractivity contribution is 0.0698. The Bertz CT molecular complexity index is 1470. The van der Waals surface area contributed by atoms with Gasteiger partial charge in [-0.1, -0.05) is 31.4 Å². The Hall–Kier alpha value is -3.95. The number of aromatic carboxylic acids is 1. The maximum atomic E-state index is 15.6. The fraction of sp³-hybridized carbons (Fsp3) is 0.448. The topological polar surface area (TPSA) is 115 Å². The molecule has 5 rings (SSSR count). The molecular formula is C29H33FN4O5. The zero-order valence-corrected chi connectivity index (χ0v) is 22.2.